The molecule has 12 nitrogen and oxygen atoms in total. The van der Waals surface area contributed by atoms with E-state index in [4.69, 9.17) is 20.0 Å². The van der Waals surface area contributed by atoms with E-state index in [1.165, 1.54) is 6.26 Å². The molecule has 2 aliphatic heterocycles. The number of rotatable bonds is 7. The van der Waals surface area contributed by atoms with E-state index in [0.717, 1.165) is 36.8 Å². The van der Waals surface area contributed by atoms with E-state index in [1.807, 2.05) is 28.9 Å². The van der Waals surface area contributed by atoms with Gasteiger partial charge >= 0.3 is 5.97 Å². The summed E-state index contributed by atoms with van der Waals surface area (Å²) in [7, 11) is 0. The standard InChI is InChI=1S/C28H31N7O5/c1-27(2,26(37)38)12-15-14-40-25(30-15)28(3)19-21(29)31-23(32-22(19)33-24(28)36)20-17-9-4-5-10-18(17)35(34-20)13-16-8-6-7-11-39-16/h4-5,9-10,14,16H,6-8,11-13H2,1-3H3,(H,37,38)(H3,29,31,32,33,36). The molecule has 2 aliphatic rings. The number of oxazole rings is 1. The number of carbonyl (C=O) groups is 2. The second-order valence-electron chi connectivity index (χ2n) is 11.3. The molecule has 12 heteroatoms. The highest BCUT2D eigenvalue weighted by atomic mass is 16.5. The maximum absolute atomic E-state index is 13.3. The number of nitrogen functional groups attached to an aromatic ring is 1. The first-order valence-corrected chi connectivity index (χ1v) is 13.3. The smallest absolute Gasteiger partial charge is 0.309 e. The third kappa shape index (κ3) is 4.19. The molecule has 0 spiro atoms. The Labute approximate surface area is 230 Å². The lowest BCUT2D eigenvalue weighted by Gasteiger charge is -2.22. The number of hydrogen-bond acceptors (Lipinski definition) is 9. The number of amides is 1. The molecule has 1 saturated heterocycles. The average molecular weight is 546 g/mol. The number of para-hydroxylation sites is 1. The van der Waals surface area contributed by atoms with Crippen LogP contribution in [0, 0.1) is 5.41 Å². The van der Waals surface area contributed by atoms with Crippen LogP contribution in [0.25, 0.3) is 22.4 Å². The number of hydrogen-bond donors (Lipinski definition) is 3. The number of nitrogens with two attached hydrogens (primary N) is 1. The highest BCUT2D eigenvalue weighted by Crippen LogP contribution is 2.45. The minimum absolute atomic E-state index is 0.0858. The Morgan fingerprint density at radius 3 is 2.80 bits per heavy atom. The number of fused-ring (bicyclic) bond motifs is 2. The summed E-state index contributed by atoms with van der Waals surface area (Å²) in [5, 5.41) is 18.0. The van der Waals surface area contributed by atoms with Crippen LogP contribution in [0.15, 0.2) is 34.9 Å². The number of nitrogens with zero attached hydrogens (tertiary/aromatic N) is 5. The number of carboxylic acids is 1. The van der Waals surface area contributed by atoms with Crippen molar-refractivity contribution in [3.05, 3.63) is 47.7 Å². The fourth-order valence-corrected chi connectivity index (χ4v) is 5.44. The van der Waals surface area contributed by atoms with Crippen LogP contribution in [-0.2, 0) is 32.7 Å². The van der Waals surface area contributed by atoms with Crippen LogP contribution >= 0.6 is 0 Å². The number of nitrogens with one attached hydrogen (secondary N) is 1. The van der Waals surface area contributed by atoms with E-state index in [9.17, 15) is 14.7 Å². The van der Waals surface area contributed by atoms with E-state index in [-0.39, 0.29) is 35.9 Å². The van der Waals surface area contributed by atoms with Crippen molar-refractivity contribution in [2.24, 2.45) is 5.41 Å². The summed E-state index contributed by atoms with van der Waals surface area (Å²) in [6.45, 7) is 6.21. The fraction of sp³-hybridized carbons (Fsp3) is 0.429. The van der Waals surface area contributed by atoms with Crippen molar-refractivity contribution in [3.63, 3.8) is 0 Å². The average Bonchev–Trinajstić information content (AvgIpc) is 3.60. The predicted octanol–water partition coefficient (Wildman–Crippen LogP) is 3.54. The number of ether oxygens (including phenoxy) is 1. The first-order valence-electron chi connectivity index (χ1n) is 13.3. The number of benzene rings is 1. The van der Waals surface area contributed by atoms with Crippen LogP contribution in [0.5, 0.6) is 0 Å². The van der Waals surface area contributed by atoms with E-state index >= 15 is 0 Å². The summed E-state index contributed by atoms with van der Waals surface area (Å²) in [5.74, 6) is -0.646. The second-order valence-corrected chi connectivity index (χ2v) is 11.3. The van der Waals surface area contributed by atoms with Gasteiger partial charge < -0.3 is 25.3 Å². The van der Waals surface area contributed by atoms with Gasteiger partial charge in [0.25, 0.3) is 0 Å². The molecule has 4 aromatic rings. The molecular formula is C28H31N7O5. The third-order valence-corrected chi connectivity index (χ3v) is 7.82. The monoisotopic (exact) mass is 545 g/mol. The first-order chi connectivity index (χ1) is 19.1. The van der Waals surface area contributed by atoms with E-state index in [2.05, 4.69) is 20.3 Å². The molecule has 5 heterocycles. The Kier molecular flexibility index (Phi) is 6.10. The van der Waals surface area contributed by atoms with Crippen LogP contribution in [0.4, 0.5) is 11.6 Å². The molecule has 0 saturated carbocycles. The van der Waals surface area contributed by atoms with Gasteiger partial charge in [-0.15, -0.1) is 0 Å². The van der Waals surface area contributed by atoms with E-state index in [0.29, 0.717) is 23.5 Å². The lowest BCUT2D eigenvalue weighted by atomic mass is 9.84. The second kappa shape index (κ2) is 9.40. The summed E-state index contributed by atoms with van der Waals surface area (Å²) in [6, 6.07) is 7.84. The van der Waals surface area contributed by atoms with E-state index < -0.39 is 22.7 Å². The summed E-state index contributed by atoms with van der Waals surface area (Å²) >= 11 is 0. The SMILES string of the molecule is CC(C)(Cc1coc(C2(C)C(=O)Nc3nc(-c4nn(CC5CCCCO5)c5ccccc45)nc(N)c32)n1)C(=O)O. The number of carboxylic acid groups (broad SMARTS) is 1. The number of anilines is 2. The number of aromatic nitrogens is 5. The highest BCUT2D eigenvalue weighted by molar-refractivity contribution is 6.08. The van der Waals surface area contributed by atoms with Crippen LogP contribution in [0.2, 0.25) is 0 Å². The van der Waals surface area contributed by atoms with Gasteiger partial charge in [-0.2, -0.15) is 5.10 Å². The molecule has 0 bridgehead atoms. The molecule has 208 valence electrons. The molecule has 0 radical (unpaired) electrons. The van der Waals surface area contributed by atoms with Crippen molar-refractivity contribution >= 4 is 34.4 Å². The molecule has 1 fully saturated rings. The molecule has 40 heavy (non-hydrogen) atoms. The normalized spacial score (nSPS) is 21.0. The van der Waals surface area contributed by atoms with E-state index in [1.54, 1.807) is 20.8 Å². The van der Waals surface area contributed by atoms with Gasteiger partial charge in [0, 0.05) is 18.4 Å². The molecule has 6 rings (SSSR count). The van der Waals surface area contributed by atoms with Crippen LogP contribution in [0.1, 0.15) is 57.2 Å². The topological polar surface area (TPSA) is 171 Å². The molecule has 2 unspecified atom stereocenters. The van der Waals surface area contributed by atoms with Gasteiger partial charge in [-0.3, -0.25) is 14.3 Å². The molecule has 1 amide bonds. The summed E-state index contributed by atoms with van der Waals surface area (Å²) < 4.78 is 13.6. The van der Waals surface area contributed by atoms with Crippen molar-refractivity contribution in [1.29, 1.82) is 0 Å². The molecule has 2 atom stereocenters. The highest BCUT2D eigenvalue weighted by Gasteiger charge is 2.51. The van der Waals surface area contributed by atoms with Crippen molar-refractivity contribution in [3.8, 4) is 11.5 Å². The lowest BCUT2D eigenvalue weighted by Crippen LogP contribution is -2.33. The Morgan fingerprint density at radius 1 is 1.25 bits per heavy atom. The lowest BCUT2D eigenvalue weighted by molar-refractivity contribution is -0.146. The molecule has 4 N–H and O–H groups in total. The minimum atomic E-state index is -1.40. The van der Waals surface area contributed by atoms with Crippen molar-refractivity contribution < 1.29 is 23.8 Å². The van der Waals surface area contributed by atoms with Gasteiger partial charge in [-0.05, 0) is 46.1 Å². The van der Waals surface area contributed by atoms with Crippen LogP contribution < -0.4 is 11.1 Å². The predicted molar refractivity (Wildman–Crippen MR) is 145 cm³/mol. The molecule has 1 aromatic carbocycles. The first kappa shape index (κ1) is 25.9. The van der Waals surface area contributed by atoms with Gasteiger partial charge in [0.05, 0.1) is 34.8 Å². The molecule has 3 aromatic heterocycles. The zero-order valence-corrected chi connectivity index (χ0v) is 22.6. The number of aliphatic carboxylic acids is 1. The van der Waals surface area contributed by atoms with Crippen LogP contribution in [-0.4, -0.2) is 54.4 Å². The third-order valence-electron chi connectivity index (χ3n) is 7.82. The van der Waals surface area contributed by atoms with Crippen LogP contribution in [0.3, 0.4) is 0 Å². The van der Waals surface area contributed by atoms with Gasteiger partial charge in [0.1, 0.15) is 23.6 Å². The van der Waals surface area contributed by atoms with Gasteiger partial charge in [-0.1, -0.05) is 18.2 Å². The zero-order chi connectivity index (χ0) is 28.2. The van der Waals surface area contributed by atoms with Gasteiger partial charge in [0.2, 0.25) is 11.8 Å². The summed E-state index contributed by atoms with van der Waals surface area (Å²) in [4.78, 5) is 38.6. The maximum Gasteiger partial charge on any atom is 0.309 e. The Balaban J connectivity index is 1.37. The van der Waals surface area contributed by atoms with Gasteiger partial charge in [-0.25, -0.2) is 15.0 Å². The Hall–Kier alpha value is -4.32. The van der Waals surface area contributed by atoms with Crippen molar-refractivity contribution in [2.75, 3.05) is 17.7 Å². The Bertz CT molecular complexity index is 1640. The maximum atomic E-state index is 13.3. The van der Waals surface area contributed by atoms with Gasteiger partial charge in [0.15, 0.2) is 11.2 Å². The Morgan fingerprint density at radius 2 is 2.05 bits per heavy atom. The summed E-state index contributed by atoms with van der Waals surface area (Å²) in [5.41, 5.74) is 6.28. The molecule has 0 aliphatic carbocycles. The zero-order valence-electron chi connectivity index (χ0n) is 22.6. The quantitative estimate of drug-likeness (QED) is 0.312. The van der Waals surface area contributed by atoms with Crippen molar-refractivity contribution in [2.45, 2.75) is 64.5 Å². The fourth-order valence-electron chi connectivity index (χ4n) is 5.44. The number of carbonyl (C=O) groups excluding carboxylic acids is 1. The molecular weight excluding hydrogens is 514 g/mol. The summed E-state index contributed by atoms with van der Waals surface area (Å²) in [6.07, 6.45) is 4.77. The largest absolute Gasteiger partial charge is 0.481 e. The van der Waals surface area contributed by atoms with Crippen molar-refractivity contribution in [1.82, 2.24) is 24.7 Å². The minimum Gasteiger partial charge on any atom is -0.481 e.